The summed E-state index contributed by atoms with van der Waals surface area (Å²) in [4.78, 5) is 22.5. The molecule has 0 aliphatic heterocycles. The first-order chi connectivity index (χ1) is 8.90. The molecule has 19 heavy (non-hydrogen) atoms. The minimum Gasteiger partial charge on any atom is -0.478 e. The van der Waals surface area contributed by atoms with Crippen molar-refractivity contribution in [3.8, 4) is 0 Å². The van der Waals surface area contributed by atoms with Gasteiger partial charge in [-0.15, -0.1) is 0 Å². The second-order valence-corrected chi connectivity index (χ2v) is 4.90. The number of aryl methyl sites for hydroxylation is 1. The third-order valence-corrected chi connectivity index (χ3v) is 2.74. The zero-order valence-electron chi connectivity index (χ0n) is 11.5. The largest absolute Gasteiger partial charge is 0.478 e. The normalized spacial score (nSPS) is 10.3. The van der Waals surface area contributed by atoms with Crippen molar-refractivity contribution in [1.82, 2.24) is 5.32 Å². The fourth-order valence-corrected chi connectivity index (χ4v) is 1.53. The first-order valence-electron chi connectivity index (χ1n) is 6.29. The fraction of sp³-hybridized carbons (Fsp3) is 0.429. The Hall–Kier alpha value is -2.04. The van der Waals surface area contributed by atoms with Gasteiger partial charge in [0.2, 0.25) is 0 Å². The van der Waals surface area contributed by atoms with Crippen molar-refractivity contribution >= 4 is 17.7 Å². The lowest BCUT2D eigenvalue weighted by molar-refractivity contribution is 0.0697. The number of hydrogen-bond donors (Lipinski definition) is 3. The van der Waals surface area contributed by atoms with Gasteiger partial charge in [0.15, 0.2) is 0 Å². The lowest BCUT2D eigenvalue weighted by Gasteiger charge is -2.11. The average molecular weight is 264 g/mol. The Balaban J connectivity index is 2.63. The SMILES string of the molecule is Cc1ccc(C(=O)O)cc1NC(=O)NCCC(C)C. The van der Waals surface area contributed by atoms with Crippen LogP contribution >= 0.6 is 0 Å². The number of amides is 2. The van der Waals surface area contributed by atoms with Gasteiger partial charge in [-0.2, -0.15) is 0 Å². The molecule has 104 valence electrons. The van der Waals surface area contributed by atoms with Crippen LogP contribution in [0.15, 0.2) is 18.2 Å². The molecule has 0 aromatic heterocycles. The van der Waals surface area contributed by atoms with Crippen molar-refractivity contribution in [3.05, 3.63) is 29.3 Å². The summed E-state index contributed by atoms with van der Waals surface area (Å²) in [5.74, 6) is -0.486. The average Bonchev–Trinajstić information content (AvgIpc) is 2.31. The van der Waals surface area contributed by atoms with E-state index in [0.717, 1.165) is 12.0 Å². The van der Waals surface area contributed by atoms with Crippen molar-refractivity contribution in [1.29, 1.82) is 0 Å². The smallest absolute Gasteiger partial charge is 0.335 e. The Kier molecular flexibility index (Phi) is 5.36. The molecule has 0 fully saturated rings. The number of carbonyl (C=O) groups is 2. The number of urea groups is 1. The first kappa shape index (κ1) is 15.0. The summed E-state index contributed by atoms with van der Waals surface area (Å²) in [6.45, 7) is 6.58. The number of rotatable bonds is 5. The molecular formula is C14H20N2O3. The molecule has 1 aromatic carbocycles. The van der Waals surface area contributed by atoms with E-state index in [2.05, 4.69) is 24.5 Å². The van der Waals surface area contributed by atoms with Gasteiger partial charge in [0.05, 0.1) is 5.56 Å². The number of benzene rings is 1. The number of hydrogen-bond acceptors (Lipinski definition) is 2. The molecule has 0 aliphatic carbocycles. The van der Waals surface area contributed by atoms with Crippen LogP contribution < -0.4 is 10.6 Å². The van der Waals surface area contributed by atoms with Crippen LogP contribution in [0.4, 0.5) is 10.5 Å². The summed E-state index contributed by atoms with van der Waals surface area (Å²) in [6, 6.07) is 4.33. The van der Waals surface area contributed by atoms with Gasteiger partial charge in [0.25, 0.3) is 0 Å². The minimum absolute atomic E-state index is 0.156. The molecule has 0 unspecified atom stereocenters. The number of carbonyl (C=O) groups excluding carboxylic acids is 1. The standard InChI is InChI=1S/C14H20N2O3/c1-9(2)6-7-15-14(19)16-12-8-11(13(17)18)5-4-10(12)3/h4-5,8-9H,6-7H2,1-3H3,(H,17,18)(H2,15,16,19). The maximum Gasteiger partial charge on any atom is 0.335 e. The van der Waals surface area contributed by atoms with Crippen LogP contribution in [-0.4, -0.2) is 23.7 Å². The number of aromatic carboxylic acids is 1. The van der Waals surface area contributed by atoms with E-state index in [0.29, 0.717) is 18.2 Å². The Morgan fingerprint density at radius 3 is 2.58 bits per heavy atom. The maximum atomic E-state index is 11.7. The van der Waals surface area contributed by atoms with E-state index in [1.165, 1.54) is 12.1 Å². The first-order valence-corrected chi connectivity index (χ1v) is 6.29. The van der Waals surface area contributed by atoms with E-state index in [1.807, 2.05) is 6.92 Å². The summed E-state index contributed by atoms with van der Waals surface area (Å²) < 4.78 is 0. The number of carboxylic acid groups (broad SMARTS) is 1. The Morgan fingerprint density at radius 1 is 1.32 bits per heavy atom. The molecule has 0 saturated carbocycles. The van der Waals surface area contributed by atoms with Crippen LogP contribution in [0.5, 0.6) is 0 Å². The molecule has 0 atom stereocenters. The van der Waals surface area contributed by atoms with E-state index in [4.69, 9.17) is 5.11 Å². The summed E-state index contributed by atoms with van der Waals surface area (Å²) >= 11 is 0. The Bertz CT molecular complexity index is 470. The van der Waals surface area contributed by atoms with Crippen molar-refractivity contribution in [2.24, 2.45) is 5.92 Å². The Morgan fingerprint density at radius 2 is 2.00 bits per heavy atom. The second-order valence-electron chi connectivity index (χ2n) is 4.90. The van der Waals surface area contributed by atoms with Gasteiger partial charge in [-0.1, -0.05) is 19.9 Å². The van der Waals surface area contributed by atoms with E-state index >= 15 is 0 Å². The highest BCUT2D eigenvalue weighted by molar-refractivity contribution is 5.93. The van der Waals surface area contributed by atoms with E-state index in [1.54, 1.807) is 6.07 Å². The maximum absolute atomic E-state index is 11.7. The molecule has 2 amide bonds. The van der Waals surface area contributed by atoms with Crippen molar-refractivity contribution in [2.45, 2.75) is 27.2 Å². The predicted molar refractivity (Wildman–Crippen MR) is 74.6 cm³/mol. The van der Waals surface area contributed by atoms with Crippen LogP contribution in [0.25, 0.3) is 0 Å². The molecule has 1 aromatic rings. The van der Waals surface area contributed by atoms with E-state index < -0.39 is 5.97 Å². The third-order valence-electron chi connectivity index (χ3n) is 2.74. The molecule has 0 heterocycles. The lowest BCUT2D eigenvalue weighted by atomic mass is 10.1. The molecule has 0 spiro atoms. The summed E-state index contributed by atoms with van der Waals surface area (Å²) in [5, 5.41) is 14.3. The molecule has 0 bridgehead atoms. The van der Waals surface area contributed by atoms with Crippen molar-refractivity contribution in [2.75, 3.05) is 11.9 Å². The monoisotopic (exact) mass is 264 g/mol. The van der Waals surface area contributed by atoms with Gasteiger partial charge in [0, 0.05) is 12.2 Å². The molecule has 0 saturated heterocycles. The fourth-order valence-electron chi connectivity index (χ4n) is 1.53. The number of anilines is 1. The highest BCUT2D eigenvalue weighted by Crippen LogP contribution is 2.16. The van der Waals surface area contributed by atoms with E-state index in [9.17, 15) is 9.59 Å². The zero-order chi connectivity index (χ0) is 14.4. The number of nitrogens with one attached hydrogen (secondary N) is 2. The summed E-state index contributed by atoms with van der Waals surface area (Å²) in [7, 11) is 0. The van der Waals surface area contributed by atoms with Gasteiger partial charge in [-0.25, -0.2) is 9.59 Å². The van der Waals surface area contributed by atoms with Crippen molar-refractivity contribution < 1.29 is 14.7 Å². The topological polar surface area (TPSA) is 78.4 Å². The summed E-state index contributed by atoms with van der Waals surface area (Å²) in [6.07, 6.45) is 0.904. The lowest BCUT2D eigenvalue weighted by Crippen LogP contribution is -2.30. The van der Waals surface area contributed by atoms with Gasteiger partial charge < -0.3 is 15.7 Å². The molecular weight excluding hydrogens is 244 g/mol. The van der Waals surface area contributed by atoms with Crippen LogP contribution in [-0.2, 0) is 0 Å². The van der Waals surface area contributed by atoms with Gasteiger partial charge >= 0.3 is 12.0 Å². The third kappa shape index (κ3) is 4.99. The van der Waals surface area contributed by atoms with Crippen LogP contribution in [0.1, 0.15) is 36.2 Å². The predicted octanol–water partition coefficient (Wildman–Crippen LogP) is 2.86. The minimum atomic E-state index is -1.01. The van der Waals surface area contributed by atoms with Crippen LogP contribution in [0.2, 0.25) is 0 Å². The zero-order valence-corrected chi connectivity index (χ0v) is 11.5. The Labute approximate surface area is 113 Å². The van der Waals surface area contributed by atoms with E-state index in [-0.39, 0.29) is 11.6 Å². The number of carboxylic acids is 1. The highest BCUT2D eigenvalue weighted by atomic mass is 16.4. The molecule has 0 radical (unpaired) electrons. The summed E-state index contributed by atoms with van der Waals surface area (Å²) in [5.41, 5.74) is 1.49. The van der Waals surface area contributed by atoms with Crippen molar-refractivity contribution in [3.63, 3.8) is 0 Å². The molecule has 5 nitrogen and oxygen atoms in total. The molecule has 3 N–H and O–H groups in total. The molecule has 5 heteroatoms. The highest BCUT2D eigenvalue weighted by Gasteiger charge is 2.08. The van der Waals surface area contributed by atoms with Gasteiger partial charge in [0.1, 0.15) is 0 Å². The molecule has 1 rings (SSSR count). The molecule has 0 aliphatic rings. The van der Waals surface area contributed by atoms with Crippen LogP contribution in [0, 0.1) is 12.8 Å². The quantitative estimate of drug-likeness (QED) is 0.765. The van der Waals surface area contributed by atoms with Gasteiger partial charge in [-0.3, -0.25) is 0 Å². The van der Waals surface area contributed by atoms with Gasteiger partial charge in [-0.05, 0) is 37.0 Å². The van der Waals surface area contributed by atoms with Crippen LogP contribution in [0.3, 0.4) is 0 Å². The second kappa shape index (κ2) is 6.78.